The summed E-state index contributed by atoms with van der Waals surface area (Å²) in [5.41, 5.74) is 0.580. The molecule has 1 fully saturated rings. The van der Waals surface area contributed by atoms with Crippen molar-refractivity contribution >= 4 is 0 Å². The minimum Gasteiger partial charge on any atom is -0.358 e. The van der Waals surface area contributed by atoms with Gasteiger partial charge in [-0.3, -0.25) is 9.78 Å². The van der Waals surface area contributed by atoms with E-state index in [1.807, 2.05) is 0 Å². The van der Waals surface area contributed by atoms with E-state index in [4.69, 9.17) is 0 Å². The van der Waals surface area contributed by atoms with Crippen LogP contribution in [0.4, 0.5) is 26.3 Å². The maximum atomic E-state index is 13.2. The van der Waals surface area contributed by atoms with Gasteiger partial charge in [0.05, 0.1) is 11.6 Å². The van der Waals surface area contributed by atoms with Crippen LogP contribution < -0.4 is 5.43 Å². The Hall–Kier alpha value is -2.32. The molecular formula is C20H20F6N2O. The van der Waals surface area contributed by atoms with E-state index in [-0.39, 0.29) is 36.7 Å². The van der Waals surface area contributed by atoms with Crippen LogP contribution in [-0.4, -0.2) is 16.1 Å². The predicted octanol–water partition coefficient (Wildman–Crippen LogP) is 5.91. The van der Waals surface area contributed by atoms with Crippen LogP contribution in [0.3, 0.4) is 0 Å². The van der Waals surface area contributed by atoms with Gasteiger partial charge in [0.25, 0.3) is 0 Å². The van der Waals surface area contributed by atoms with Crippen LogP contribution in [0.2, 0.25) is 0 Å². The molecule has 0 spiro atoms. The van der Waals surface area contributed by atoms with Crippen LogP contribution in [0.15, 0.2) is 23.1 Å². The van der Waals surface area contributed by atoms with Crippen molar-refractivity contribution in [1.82, 2.24) is 9.97 Å². The molecule has 2 aromatic heterocycles. The van der Waals surface area contributed by atoms with Gasteiger partial charge in [-0.05, 0) is 57.1 Å². The van der Waals surface area contributed by atoms with Gasteiger partial charge >= 0.3 is 12.4 Å². The van der Waals surface area contributed by atoms with Gasteiger partial charge < -0.3 is 4.98 Å². The molecule has 0 aliphatic heterocycles. The van der Waals surface area contributed by atoms with Crippen LogP contribution in [0.5, 0.6) is 0 Å². The fraction of sp³-hybridized carbons (Fsp3) is 0.500. The van der Waals surface area contributed by atoms with E-state index < -0.39 is 29.9 Å². The average molecular weight is 418 g/mol. The summed E-state index contributed by atoms with van der Waals surface area (Å²) >= 11 is 0. The highest BCUT2D eigenvalue weighted by Gasteiger charge is 2.42. The molecule has 29 heavy (non-hydrogen) atoms. The highest BCUT2D eigenvalue weighted by Crippen LogP contribution is 2.45. The first-order valence-corrected chi connectivity index (χ1v) is 9.22. The summed E-state index contributed by atoms with van der Waals surface area (Å²) in [4.78, 5) is 18.6. The zero-order chi connectivity index (χ0) is 21.6. The number of rotatable bonds is 2. The summed E-state index contributed by atoms with van der Waals surface area (Å²) in [5.74, 6) is -1.91. The van der Waals surface area contributed by atoms with Crippen molar-refractivity contribution in [1.29, 1.82) is 0 Å². The average Bonchev–Trinajstić information content (AvgIpc) is 2.64. The van der Waals surface area contributed by atoms with E-state index in [0.717, 1.165) is 12.3 Å². The molecule has 0 amide bonds. The van der Waals surface area contributed by atoms with Gasteiger partial charge in [-0.2, -0.15) is 26.3 Å². The van der Waals surface area contributed by atoms with Crippen molar-refractivity contribution in [3.63, 3.8) is 0 Å². The van der Waals surface area contributed by atoms with Crippen molar-refractivity contribution < 1.29 is 26.3 Å². The number of hydrogen-bond acceptors (Lipinski definition) is 2. The SMILES string of the molecule is Cc1[nH]c(-c2cnc(C(F)(F)F)cc2C2CCC(C(F)(F)F)CC2)cc(=O)c1C. The summed E-state index contributed by atoms with van der Waals surface area (Å²) in [5, 5.41) is 0. The molecule has 0 bridgehead atoms. The molecule has 1 N–H and O–H groups in total. The molecule has 2 heterocycles. The normalized spacial score (nSPS) is 20.7. The van der Waals surface area contributed by atoms with Crippen LogP contribution >= 0.6 is 0 Å². The molecular weight excluding hydrogens is 398 g/mol. The lowest BCUT2D eigenvalue weighted by molar-refractivity contribution is -0.182. The monoisotopic (exact) mass is 418 g/mol. The molecule has 1 saturated carbocycles. The minimum absolute atomic E-state index is 0.119. The Labute approximate surface area is 163 Å². The first-order chi connectivity index (χ1) is 13.4. The minimum atomic E-state index is -4.67. The molecule has 3 nitrogen and oxygen atoms in total. The molecule has 0 aromatic carbocycles. The fourth-order valence-electron chi connectivity index (χ4n) is 3.82. The standard InChI is InChI=1S/C20H20F6N2O/c1-10-11(2)28-16(8-17(10)29)15-9-27-18(20(24,25)26)7-14(15)12-3-5-13(6-4-12)19(21,22)23/h7-9,12-13H,3-6H2,1-2H3,(H,28,29). The Balaban J connectivity index is 2.06. The maximum Gasteiger partial charge on any atom is 0.433 e. The second-order valence-corrected chi connectivity index (χ2v) is 7.54. The Bertz CT molecular complexity index is 953. The number of nitrogens with zero attached hydrogens (tertiary/aromatic N) is 1. The lowest BCUT2D eigenvalue weighted by atomic mass is 9.77. The Morgan fingerprint density at radius 2 is 1.62 bits per heavy atom. The molecule has 0 saturated heterocycles. The number of H-pyrrole nitrogens is 1. The number of pyridine rings is 2. The molecule has 1 aliphatic carbocycles. The van der Waals surface area contributed by atoms with E-state index >= 15 is 0 Å². The number of nitrogens with one attached hydrogen (secondary N) is 1. The summed E-state index contributed by atoms with van der Waals surface area (Å²) in [6.07, 6.45) is -7.97. The fourth-order valence-corrected chi connectivity index (χ4v) is 3.82. The number of alkyl halides is 6. The maximum absolute atomic E-state index is 13.2. The lowest BCUT2D eigenvalue weighted by Gasteiger charge is -2.31. The number of aromatic amines is 1. The smallest absolute Gasteiger partial charge is 0.358 e. The lowest BCUT2D eigenvalue weighted by Crippen LogP contribution is -2.27. The van der Waals surface area contributed by atoms with E-state index in [1.54, 1.807) is 13.8 Å². The molecule has 3 rings (SSSR count). The van der Waals surface area contributed by atoms with E-state index in [1.165, 1.54) is 6.07 Å². The Morgan fingerprint density at radius 1 is 1.00 bits per heavy atom. The first-order valence-electron chi connectivity index (χ1n) is 9.22. The predicted molar refractivity (Wildman–Crippen MR) is 95.5 cm³/mol. The highest BCUT2D eigenvalue weighted by atomic mass is 19.4. The summed E-state index contributed by atoms with van der Waals surface area (Å²) in [6.45, 7) is 3.30. The van der Waals surface area contributed by atoms with Gasteiger partial charge in [-0.15, -0.1) is 0 Å². The van der Waals surface area contributed by atoms with Crippen LogP contribution in [0.1, 0.15) is 54.1 Å². The molecule has 0 unspecified atom stereocenters. The topological polar surface area (TPSA) is 45.8 Å². The van der Waals surface area contributed by atoms with Crippen LogP contribution in [-0.2, 0) is 6.18 Å². The molecule has 2 aromatic rings. The molecule has 0 atom stereocenters. The zero-order valence-electron chi connectivity index (χ0n) is 15.8. The summed E-state index contributed by atoms with van der Waals surface area (Å²) < 4.78 is 78.5. The van der Waals surface area contributed by atoms with Gasteiger partial charge in [0.2, 0.25) is 0 Å². The number of aromatic nitrogens is 2. The van der Waals surface area contributed by atoms with Crippen LogP contribution in [0.25, 0.3) is 11.3 Å². The van der Waals surface area contributed by atoms with Gasteiger partial charge in [0.1, 0.15) is 5.69 Å². The first kappa shape index (κ1) is 21.4. The number of hydrogen-bond donors (Lipinski definition) is 1. The van der Waals surface area contributed by atoms with Gasteiger partial charge in [0.15, 0.2) is 5.43 Å². The summed E-state index contributed by atoms with van der Waals surface area (Å²) in [6, 6.07) is 2.19. The van der Waals surface area contributed by atoms with Gasteiger partial charge in [-0.25, -0.2) is 0 Å². The van der Waals surface area contributed by atoms with Crippen LogP contribution in [0, 0.1) is 19.8 Å². The molecule has 1 aliphatic rings. The Morgan fingerprint density at radius 3 is 2.14 bits per heavy atom. The third-order valence-corrected chi connectivity index (χ3v) is 5.68. The number of halogens is 6. The van der Waals surface area contributed by atoms with E-state index in [9.17, 15) is 31.1 Å². The number of aryl methyl sites for hydroxylation is 1. The van der Waals surface area contributed by atoms with Crippen molar-refractivity contribution in [2.24, 2.45) is 5.92 Å². The second kappa shape index (κ2) is 7.50. The largest absolute Gasteiger partial charge is 0.433 e. The van der Waals surface area contributed by atoms with E-state index in [0.29, 0.717) is 22.5 Å². The van der Waals surface area contributed by atoms with Crippen molar-refractivity contribution in [2.75, 3.05) is 0 Å². The quantitative estimate of drug-likeness (QED) is 0.617. The van der Waals surface area contributed by atoms with Gasteiger partial charge in [0, 0.05) is 29.1 Å². The van der Waals surface area contributed by atoms with Crippen molar-refractivity contribution in [3.8, 4) is 11.3 Å². The van der Waals surface area contributed by atoms with E-state index in [2.05, 4.69) is 9.97 Å². The Kier molecular flexibility index (Phi) is 5.53. The van der Waals surface area contributed by atoms with Crippen molar-refractivity contribution in [2.45, 2.75) is 57.8 Å². The highest BCUT2D eigenvalue weighted by molar-refractivity contribution is 5.64. The summed E-state index contributed by atoms with van der Waals surface area (Å²) in [7, 11) is 0. The second-order valence-electron chi connectivity index (χ2n) is 7.54. The zero-order valence-corrected chi connectivity index (χ0v) is 15.8. The van der Waals surface area contributed by atoms with Gasteiger partial charge in [-0.1, -0.05) is 0 Å². The molecule has 0 radical (unpaired) electrons. The third-order valence-electron chi connectivity index (χ3n) is 5.68. The third kappa shape index (κ3) is 4.48. The molecule has 158 valence electrons. The van der Waals surface area contributed by atoms with Crippen molar-refractivity contribution in [3.05, 3.63) is 51.1 Å². The molecule has 9 heteroatoms.